The molecular formula is C16H16N2O5S. The van der Waals surface area contributed by atoms with Crippen LogP contribution in [0.4, 0.5) is 0 Å². The van der Waals surface area contributed by atoms with Crippen LogP contribution in [-0.4, -0.2) is 27.3 Å². The van der Waals surface area contributed by atoms with E-state index in [1.54, 1.807) is 30.3 Å². The van der Waals surface area contributed by atoms with Crippen LogP contribution in [0.5, 0.6) is 0 Å². The minimum atomic E-state index is -4.10. The molecule has 0 radical (unpaired) electrons. The van der Waals surface area contributed by atoms with Crippen molar-refractivity contribution in [2.75, 3.05) is 7.11 Å². The van der Waals surface area contributed by atoms with Gasteiger partial charge in [-0.1, -0.05) is 30.3 Å². The number of primary amides is 1. The third-order valence-electron chi connectivity index (χ3n) is 3.26. The fraction of sp³-hybridized carbons (Fsp3) is 0.125. The van der Waals surface area contributed by atoms with Crippen LogP contribution in [0.3, 0.4) is 0 Å². The van der Waals surface area contributed by atoms with Crippen molar-refractivity contribution in [2.24, 2.45) is 5.73 Å². The maximum atomic E-state index is 12.3. The number of sulfonamides is 1. The summed E-state index contributed by atoms with van der Waals surface area (Å²) in [5, 5.41) is 0. The Morgan fingerprint density at radius 1 is 1.04 bits per heavy atom. The molecule has 0 aliphatic carbocycles. The predicted octanol–water partition coefficient (Wildman–Crippen LogP) is 0.978. The Balaban J connectivity index is 2.21. The van der Waals surface area contributed by atoms with Gasteiger partial charge >= 0.3 is 0 Å². The largest absolute Gasteiger partial charge is 0.367 e. The second-order valence-corrected chi connectivity index (χ2v) is 6.57. The van der Waals surface area contributed by atoms with E-state index >= 15 is 0 Å². The van der Waals surface area contributed by atoms with Crippen molar-refractivity contribution in [3.63, 3.8) is 0 Å². The molecule has 0 aromatic heterocycles. The lowest BCUT2D eigenvalue weighted by Crippen LogP contribution is -2.35. The van der Waals surface area contributed by atoms with E-state index in [-0.39, 0.29) is 10.5 Å². The SMILES string of the molecule is CO[C@@H](C(=O)NS(=O)(=O)c1ccc(C(N)=O)cc1)c1ccccc1. The van der Waals surface area contributed by atoms with Crippen LogP contribution >= 0.6 is 0 Å². The number of methoxy groups -OCH3 is 1. The number of nitrogens with two attached hydrogens (primary N) is 1. The number of ether oxygens (including phenoxy) is 1. The zero-order chi connectivity index (χ0) is 17.7. The van der Waals surface area contributed by atoms with Gasteiger partial charge in [0.2, 0.25) is 5.91 Å². The summed E-state index contributed by atoms with van der Waals surface area (Å²) in [6.45, 7) is 0. The highest BCUT2D eigenvalue weighted by Crippen LogP contribution is 2.18. The molecule has 0 fully saturated rings. The lowest BCUT2D eigenvalue weighted by molar-refractivity contribution is -0.129. The predicted molar refractivity (Wildman–Crippen MR) is 86.5 cm³/mol. The van der Waals surface area contributed by atoms with Gasteiger partial charge in [0, 0.05) is 12.7 Å². The Labute approximate surface area is 139 Å². The first-order valence-electron chi connectivity index (χ1n) is 6.89. The van der Waals surface area contributed by atoms with Crippen LogP contribution in [0.1, 0.15) is 22.0 Å². The normalized spacial score (nSPS) is 12.4. The lowest BCUT2D eigenvalue weighted by Gasteiger charge is -2.15. The number of amides is 2. The van der Waals surface area contributed by atoms with E-state index in [2.05, 4.69) is 0 Å². The molecule has 0 aliphatic heterocycles. The van der Waals surface area contributed by atoms with Gasteiger partial charge in [0.05, 0.1) is 4.90 Å². The first-order valence-corrected chi connectivity index (χ1v) is 8.38. The number of rotatable bonds is 6. The van der Waals surface area contributed by atoms with Crippen molar-refractivity contribution < 1.29 is 22.7 Å². The molecule has 8 heteroatoms. The topological polar surface area (TPSA) is 116 Å². The third-order valence-corrected chi connectivity index (χ3v) is 4.62. The van der Waals surface area contributed by atoms with Crippen molar-refractivity contribution in [3.8, 4) is 0 Å². The molecule has 3 N–H and O–H groups in total. The number of carbonyl (C=O) groups is 2. The quantitative estimate of drug-likeness (QED) is 0.807. The van der Waals surface area contributed by atoms with Gasteiger partial charge in [-0.3, -0.25) is 9.59 Å². The Morgan fingerprint density at radius 3 is 2.12 bits per heavy atom. The van der Waals surface area contributed by atoms with Crippen LogP contribution in [0.25, 0.3) is 0 Å². The Kier molecular flexibility index (Phi) is 5.32. The molecule has 2 aromatic carbocycles. The molecule has 7 nitrogen and oxygen atoms in total. The van der Waals surface area contributed by atoms with Gasteiger partial charge in [-0.05, 0) is 29.8 Å². The number of hydrogen-bond donors (Lipinski definition) is 2. The number of carbonyl (C=O) groups excluding carboxylic acids is 2. The molecule has 0 unspecified atom stereocenters. The molecule has 0 saturated heterocycles. The van der Waals surface area contributed by atoms with Gasteiger partial charge in [0.1, 0.15) is 0 Å². The monoisotopic (exact) mass is 348 g/mol. The second-order valence-electron chi connectivity index (χ2n) is 4.88. The molecular weight excluding hydrogens is 332 g/mol. The minimum Gasteiger partial charge on any atom is -0.367 e. The Bertz CT molecular complexity index is 833. The maximum Gasteiger partial charge on any atom is 0.267 e. The lowest BCUT2D eigenvalue weighted by atomic mass is 10.1. The van der Waals surface area contributed by atoms with E-state index in [1.165, 1.54) is 31.4 Å². The molecule has 0 spiro atoms. The van der Waals surface area contributed by atoms with Crippen LogP contribution < -0.4 is 10.5 Å². The van der Waals surface area contributed by atoms with Crippen molar-refractivity contribution >= 4 is 21.8 Å². The number of hydrogen-bond acceptors (Lipinski definition) is 5. The van der Waals surface area contributed by atoms with Crippen LogP contribution in [0.15, 0.2) is 59.5 Å². The first-order chi connectivity index (χ1) is 11.3. The summed E-state index contributed by atoms with van der Waals surface area (Å²) in [6.07, 6.45) is -1.06. The fourth-order valence-electron chi connectivity index (χ4n) is 2.07. The van der Waals surface area contributed by atoms with Gasteiger partial charge in [-0.2, -0.15) is 0 Å². The van der Waals surface area contributed by atoms with E-state index in [4.69, 9.17) is 10.5 Å². The summed E-state index contributed by atoms with van der Waals surface area (Å²) in [4.78, 5) is 23.1. The van der Waals surface area contributed by atoms with Crippen LogP contribution in [-0.2, 0) is 19.6 Å². The van der Waals surface area contributed by atoms with E-state index in [0.717, 1.165) is 0 Å². The molecule has 24 heavy (non-hydrogen) atoms. The van der Waals surface area contributed by atoms with Crippen LogP contribution in [0.2, 0.25) is 0 Å². The highest BCUT2D eigenvalue weighted by atomic mass is 32.2. The van der Waals surface area contributed by atoms with E-state index in [0.29, 0.717) is 5.56 Å². The summed E-state index contributed by atoms with van der Waals surface area (Å²) in [6, 6.07) is 13.4. The number of benzene rings is 2. The summed E-state index contributed by atoms with van der Waals surface area (Å²) in [5.41, 5.74) is 5.79. The molecule has 1 atom stereocenters. The average molecular weight is 348 g/mol. The molecule has 2 aromatic rings. The van der Waals surface area contributed by atoms with Crippen LogP contribution in [0, 0.1) is 0 Å². The highest BCUT2D eigenvalue weighted by Gasteiger charge is 2.25. The summed E-state index contributed by atoms with van der Waals surface area (Å²) < 4.78 is 31.6. The summed E-state index contributed by atoms with van der Waals surface area (Å²) >= 11 is 0. The molecule has 0 aliphatic rings. The third kappa shape index (κ3) is 3.98. The first kappa shape index (κ1) is 17.6. The van der Waals surface area contributed by atoms with Gasteiger partial charge < -0.3 is 10.5 Å². The summed E-state index contributed by atoms with van der Waals surface area (Å²) in [5.74, 6) is -1.49. The van der Waals surface area contributed by atoms with Gasteiger partial charge in [-0.25, -0.2) is 13.1 Å². The van der Waals surface area contributed by atoms with Crippen molar-refractivity contribution in [2.45, 2.75) is 11.0 Å². The molecule has 0 saturated carbocycles. The molecule has 2 rings (SSSR count). The fourth-order valence-corrected chi connectivity index (χ4v) is 3.05. The Morgan fingerprint density at radius 2 is 1.62 bits per heavy atom. The van der Waals surface area contributed by atoms with E-state index in [9.17, 15) is 18.0 Å². The second kappa shape index (κ2) is 7.24. The summed E-state index contributed by atoms with van der Waals surface area (Å²) in [7, 11) is -2.79. The smallest absolute Gasteiger partial charge is 0.267 e. The number of nitrogens with one attached hydrogen (secondary N) is 1. The van der Waals surface area contributed by atoms with Gasteiger partial charge in [0.15, 0.2) is 6.10 Å². The van der Waals surface area contributed by atoms with E-state index in [1.807, 2.05) is 4.72 Å². The zero-order valence-electron chi connectivity index (χ0n) is 12.8. The molecule has 0 heterocycles. The molecule has 0 bridgehead atoms. The van der Waals surface area contributed by atoms with Crippen molar-refractivity contribution in [1.29, 1.82) is 0 Å². The van der Waals surface area contributed by atoms with Gasteiger partial charge in [-0.15, -0.1) is 0 Å². The molecule has 126 valence electrons. The molecule has 2 amide bonds. The highest BCUT2D eigenvalue weighted by molar-refractivity contribution is 7.90. The minimum absolute atomic E-state index is 0.163. The van der Waals surface area contributed by atoms with Gasteiger partial charge in [0.25, 0.3) is 15.9 Å². The zero-order valence-corrected chi connectivity index (χ0v) is 13.6. The van der Waals surface area contributed by atoms with Crippen molar-refractivity contribution in [3.05, 3.63) is 65.7 Å². The average Bonchev–Trinajstić information content (AvgIpc) is 2.56. The van der Waals surface area contributed by atoms with E-state index < -0.39 is 27.9 Å². The standard InChI is InChI=1S/C16H16N2O5S/c1-23-14(11-5-3-2-4-6-11)16(20)18-24(21,22)13-9-7-12(8-10-13)15(17)19/h2-10,14H,1H3,(H2,17,19)(H,18,20)/t14-/m1/s1. The van der Waals surface area contributed by atoms with Crippen molar-refractivity contribution in [1.82, 2.24) is 4.72 Å². The Hall–Kier alpha value is -2.71. The maximum absolute atomic E-state index is 12.3.